The second-order valence-electron chi connectivity index (χ2n) is 12.9. The fourth-order valence-corrected chi connectivity index (χ4v) is 9.02. The van der Waals surface area contributed by atoms with E-state index < -0.39 is 0 Å². The lowest BCUT2D eigenvalue weighted by Crippen LogP contribution is -2.10. The molecule has 8 aromatic carbocycles. The van der Waals surface area contributed by atoms with Crippen molar-refractivity contribution >= 4 is 81.3 Å². The summed E-state index contributed by atoms with van der Waals surface area (Å²) < 4.78 is 15.7. The molecule has 0 saturated carbocycles. The van der Waals surface area contributed by atoms with E-state index in [0.29, 0.717) is 0 Å². The van der Waals surface area contributed by atoms with Gasteiger partial charge in [-0.3, -0.25) is 0 Å². The minimum atomic E-state index is 0.841. The molecule has 0 amide bonds. The van der Waals surface area contributed by atoms with Gasteiger partial charge in [0.15, 0.2) is 0 Å². The van der Waals surface area contributed by atoms with Gasteiger partial charge in [0.05, 0.1) is 10.4 Å². The molecule has 0 spiro atoms. The van der Waals surface area contributed by atoms with E-state index >= 15 is 0 Å². The number of furan rings is 1. The van der Waals surface area contributed by atoms with Crippen molar-refractivity contribution < 1.29 is 9.15 Å². The SMILES string of the molecule is c1ccc(-c2ccc3c4c(cccc24)-c2ccc(N(c4ccc5c(c4)oc4ccccc45)c4cccc5c4sc4ccccc45)cc2O3)cc1. The van der Waals surface area contributed by atoms with Gasteiger partial charge in [-0.05, 0) is 70.6 Å². The summed E-state index contributed by atoms with van der Waals surface area (Å²) in [6.07, 6.45) is 0. The minimum Gasteiger partial charge on any atom is -0.456 e. The molecule has 50 heavy (non-hydrogen) atoms. The highest BCUT2D eigenvalue weighted by molar-refractivity contribution is 7.26. The Morgan fingerprint density at radius 3 is 2.10 bits per heavy atom. The van der Waals surface area contributed by atoms with Gasteiger partial charge >= 0.3 is 0 Å². The molecule has 0 unspecified atom stereocenters. The molecule has 1 aliphatic heterocycles. The van der Waals surface area contributed by atoms with Gasteiger partial charge < -0.3 is 14.1 Å². The lowest BCUT2D eigenvalue weighted by molar-refractivity contribution is 0.487. The topological polar surface area (TPSA) is 25.6 Å². The summed E-state index contributed by atoms with van der Waals surface area (Å²) in [6.45, 7) is 0. The van der Waals surface area contributed by atoms with Crippen LogP contribution in [0.15, 0.2) is 168 Å². The van der Waals surface area contributed by atoms with Crippen molar-refractivity contribution in [2.45, 2.75) is 0 Å². The number of anilines is 3. The van der Waals surface area contributed by atoms with Gasteiger partial charge in [-0.2, -0.15) is 0 Å². The molecule has 0 saturated heterocycles. The number of para-hydroxylation sites is 1. The molecule has 11 rings (SSSR count). The highest BCUT2D eigenvalue weighted by Crippen LogP contribution is 2.52. The lowest BCUT2D eigenvalue weighted by atomic mass is 9.90. The summed E-state index contributed by atoms with van der Waals surface area (Å²) in [5.41, 5.74) is 9.58. The van der Waals surface area contributed by atoms with Gasteiger partial charge in [0.1, 0.15) is 22.7 Å². The molecular weight excluding hydrogens is 631 g/mol. The second-order valence-corrected chi connectivity index (χ2v) is 13.9. The first-order valence-electron chi connectivity index (χ1n) is 16.8. The summed E-state index contributed by atoms with van der Waals surface area (Å²) in [4.78, 5) is 2.35. The lowest BCUT2D eigenvalue weighted by Gasteiger charge is -2.28. The van der Waals surface area contributed by atoms with Gasteiger partial charge in [0, 0.05) is 60.7 Å². The quantitative estimate of drug-likeness (QED) is 0.188. The van der Waals surface area contributed by atoms with Gasteiger partial charge in [0.2, 0.25) is 0 Å². The van der Waals surface area contributed by atoms with Crippen molar-refractivity contribution in [3.05, 3.63) is 164 Å². The zero-order valence-electron chi connectivity index (χ0n) is 26.8. The van der Waals surface area contributed by atoms with Crippen LogP contribution in [-0.2, 0) is 0 Å². The molecule has 3 nitrogen and oxygen atoms in total. The summed E-state index contributed by atoms with van der Waals surface area (Å²) >= 11 is 1.83. The van der Waals surface area contributed by atoms with Crippen molar-refractivity contribution in [2.75, 3.05) is 4.90 Å². The van der Waals surface area contributed by atoms with Crippen LogP contribution in [0, 0.1) is 0 Å². The average molecular weight is 658 g/mol. The molecule has 234 valence electrons. The van der Waals surface area contributed by atoms with E-state index in [0.717, 1.165) is 61.4 Å². The molecule has 4 heteroatoms. The first kappa shape index (κ1) is 27.6. The third kappa shape index (κ3) is 4.03. The Bertz CT molecular complexity index is 2970. The first-order chi connectivity index (χ1) is 24.8. The molecule has 0 N–H and O–H groups in total. The predicted molar refractivity (Wildman–Crippen MR) is 210 cm³/mol. The monoisotopic (exact) mass is 657 g/mol. The van der Waals surface area contributed by atoms with Crippen LogP contribution in [0.1, 0.15) is 0 Å². The molecule has 10 aromatic rings. The summed E-state index contributed by atoms with van der Waals surface area (Å²) in [6, 6.07) is 58.2. The van der Waals surface area contributed by atoms with Crippen molar-refractivity contribution in [3.63, 3.8) is 0 Å². The Balaban J connectivity index is 1.12. The highest BCUT2D eigenvalue weighted by atomic mass is 32.1. The van der Waals surface area contributed by atoms with Crippen LogP contribution in [0.3, 0.4) is 0 Å². The standard InChI is InChI=1S/C46H27NO2S/c1-2-10-28(11-3-1)31-24-25-41-45-36(31)14-8-15-37(45)34-23-21-30(27-43(34)49-41)47(29-20-22-33-32-12-4-6-18-40(32)48-42(33)26-29)39-17-9-16-38-35-13-5-7-19-44(35)50-46(38)39/h1-27H. The highest BCUT2D eigenvalue weighted by Gasteiger charge is 2.25. The van der Waals surface area contributed by atoms with Gasteiger partial charge in [-0.25, -0.2) is 0 Å². The largest absolute Gasteiger partial charge is 0.456 e. The average Bonchev–Trinajstić information content (AvgIpc) is 3.74. The van der Waals surface area contributed by atoms with Crippen molar-refractivity contribution in [2.24, 2.45) is 0 Å². The van der Waals surface area contributed by atoms with Crippen LogP contribution in [0.25, 0.3) is 75.1 Å². The minimum absolute atomic E-state index is 0.841. The van der Waals surface area contributed by atoms with Crippen LogP contribution in [-0.4, -0.2) is 0 Å². The number of fused-ring (bicyclic) bond motifs is 8. The maximum atomic E-state index is 6.81. The maximum Gasteiger partial charge on any atom is 0.137 e. The molecule has 0 fully saturated rings. The van der Waals surface area contributed by atoms with Crippen molar-refractivity contribution in [1.29, 1.82) is 0 Å². The molecule has 0 bridgehead atoms. The fourth-order valence-electron chi connectivity index (χ4n) is 7.82. The zero-order chi connectivity index (χ0) is 32.8. The smallest absolute Gasteiger partial charge is 0.137 e. The number of rotatable bonds is 4. The third-order valence-corrected chi connectivity index (χ3v) is 11.3. The van der Waals surface area contributed by atoms with E-state index in [1.54, 1.807) is 0 Å². The van der Waals surface area contributed by atoms with E-state index in [9.17, 15) is 0 Å². The fraction of sp³-hybridized carbons (Fsp3) is 0. The van der Waals surface area contributed by atoms with Crippen molar-refractivity contribution in [3.8, 4) is 33.8 Å². The Labute approximate surface area is 291 Å². The van der Waals surface area contributed by atoms with Crippen LogP contribution in [0.2, 0.25) is 0 Å². The Hall–Kier alpha value is -6.36. The molecular formula is C46H27NO2S. The number of thiophene rings is 1. The Morgan fingerprint density at radius 2 is 1.16 bits per heavy atom. The molecule has 1 aliphatic rings. The molecule has 0 atom stereocenters. The van der Waals surface area contributed by atoms with E-state index in [1.165, 1.54) is 42.2 Å². The number of hydrogen-bond acceptors (Lipinski definition) is 4. The van der Waals surface area contributed by atoms with Gasteiger partial charge in [0.25, 0.3) is 0 Å². The van der Waals surface area contributed by atoms with E-state index in [2.05, 4.69) is 157 Å². The van der Waals surface area contributed by atoms with Crippen molar-refractivity contribution in [1.82, 2.24) is 0 Å². The van der Waals surface area contributed by atoms with Crippen LogP contribution in [0.4, 0.5) is 17.1 Å². The Morgan fingerprint density at radius 1 is 0.440 bits per heavy atom. The number of hydrogen-bond donors (Lipinski definition) is 0. The Kier molecular flexibility index (Phi) is 5.83. The molecule has 3 heterocycles. The third-order valence-electron chi connectivity index (χ3n) is 10.1. The normalized spacial score (nSPS) is 12.2. The molecule has 2 aromatic heterocycles. The number of benzene rings is 8. The first-order valence-corrected chi connectivity index (χ1v) is 17.7. The van der Waals surface area contributed by atoms with E-state index in [1.807, 2.05) is 23.5 Å². The number of nitrogens with zero attached hydrogens (tertiary/aromatic N) is 1. The van der Waals surface area contributed by atoms with E-state index in [4.69, 9.17) is 9.15 Å². The summed E-state index contributed by atoms with van der Waals surface area (Å²) in [5, 5.41) is 7.10. The summed E-state index contributed by atoms with van der Waals surface area (Å²) in [7, 11) is 0. The number of ether oxygens (including phenoxy) is 1. The molecule has 0 aliphatic carbocycles. The van der Waals surface area contributed by atoms with Crippen LogP contribution in [0.5, 0.6) is 11.5 Å². The second kappa shape index (κ2) is 10.6. The maximum absolute atomic E-state index is 6.81. The molecule has 0 radical (unpaired) electrons. The van der Waals surface area contributed by atoms with Crippen LogP contribution < -0.4 is 9.64 Å². The zero-order valence-corrected chi connectivity index (χ0v) is 27.6. The van der Waals surface area contributed by atoms with Crippen LogP contribution >= 0.6 is 11.3 Å². The summed E-state index contributed by atoms with van der Waals surface area (Å²) in [5.74, 6) is 1.72. The van der Waals surface area contributed by atoms with Gasteiger partial charge in [-0.15, -0.1) is 11.3 Å². The van der Waals surface area contributed by atoms with Gasteiger partial charge in [-0.1, -0.05) is 103 Å². The predicted octanol–water partition coefficient (Wildman–Crippen LogP) is 14.0. The van der Waals surface area contributed by atoms with E-state index in [-0.39, 0.29) is 0 Å².